The van der Waals surface area contributed by atoms with Gasteiger partial charge in [-0.3, -0.25) is 4.79 Å². The quantitative estimate of drug-likeness (QED) is 0.877. The van der Waals surface area contributed by atoms with E-state index < -0.39 is 5.97 Å². The Morgan fingerprint density at radius 3 is 3.10 bits per heavy atom. The van der Waals surface area contributed by atoms with Crippen molar-refractivity contribution in [2.75, 3.05) is 26.3 Å². The molecule has 1 fully saturated rings. The minimum Gasteiger partial charge on any atom is -0.481 e. The second kappa shape index (κ2) is 6.56. The van der Waals surface area contributed by atoms with E-state index in [1.807, 2.05) is 12.1 Å². The highest BCUT2D eigenvalue weighted by atomic mass is 16.5. The molecule has 2 heterocycles. The predicted molar refractivity (Wildman–Crippen MR) is 77.2 cm³/mol. The smallest absolute Gasteiger partial charge is 0.307 e. The van der Waals surface area contributed by atoms with Gasteiger partial charge in [0.1, 0.15) is 6.10 Å². The number of nitrogens with one attached hydrogen (secondary N) is 1. The molecule has 1 aromatic rings. The van der Waals surface area contributed by atoms with Crippen molar-refractivity contribution in [2.45, 2.75) is 25.0 Å². The van der Waals surface area contributed by atoms with E-state index >= 15 is 0 Å². The average molecular weight is 291 g/mol. The third kappa shape index (κ3) is 3.43. The lowest BCUT2D eigenvalue weighted by molar-refractivity contribution is -0.144. The molecule has 0 spiro atoms. The number of ether oxygens (including phenoxy) is 2. The Bertz CT molecular complexity index is 505. The molecular weight excluding hydrogens is 270 g/mol. The van der Waals surface area contributed by atoms with Crippen molar-refractivity contribution in [3.8, 4) is 0 Å². The minimum absolute atomic E-state index is 0.0415. The van der Waals surface area contributed by atoms with Crippen molar-refractivity contribution in [1.82, 2.24) is 5.32 Å². The number of carboxylic acid groups (broad SMARTS) is 1. The summed E-state index contributed by atoms with van der Waals surface area (Å²) in [5.74, 6) is -1.11. The van der Waals surface area contributed by atoms with Crippen LogP contribution in [0.2, 0.25) is 0 Å². The van der Waals surface area contributed by atoms with Gasteiger partial charge >= 0.3 is 5.97 Å². The van der Waals surface area contributed by atoms with Crippen LogP contribution in [0.15, 0.2) is 24.3 Å². The molecular formula is C16H21NO4. The van der Waals surface area contributed by atoms with Gasteiger partial charge in [-0.15, -0.1) is 0 Å². The first-order valence-electron chi connectivity index (χ1n) is 7.48. The third-order valence-electron chi connectivity index (χ3n) is 4.24. The summed E-state index contributed by atoms with van der Waals surface area (Å²) in [6, 6.07) is 8.28. The Balaban J connectivity index is 1.57. The lowest BCUT2D eigenvalue weighted by Crippen LogP contribution is -2.44. The van der Waals surface area contributed by atoms with Gasteiger partial charge in [0.2, 0.25) is 0 Å². The van der Waals surface area contributed by atoms with Gasteiger partial charge in [-0.25, -0.2) is 0 Å². The third-order valence-corrected chi connectivity index (χ3v) is 4.24. The van der Waals surface area contributed by atoms with E-state index in [9.17, 15) is 4.79 Å². The van der Waals surface area contributed by atoms with E-state index in [0.29, 0.717) is 32.7 Å². The first-order valence-corrected chi connectivity index (χ1v) is 7.48. The summed E-state index contributed by atoms with van der Waals surface area (Å²) in [6.07, 6.45) is 1.41. The van der Waals surface area contributed by atoms with E-state index in [1.165, 1.54) is 11.1 Å². The molecule has 1 saturated heterocycles. The number of benzene rings is 1. The zero-order valence-corrected chi connectivity index (χ0v) is 12.0. The van der Waals surface area contributed by atoms with E-state index in [0.717, 1.165) is 6.42 Å². The van der Waals surface area contributed by atoms with Gasteiger partial charge in [-0.1, -0.05) is 24.3 Å². The molecule has 2 N–H and O–H groups in total. The first kappa shape index (κ1) is 14.5. The average Bonchev–Trinajstić information content (AvgIpc) is 2.53. The number of hydrogen-bond donors (Lipinski definition) is 2. The first-order chi connectivity index (χ1) is 10.2. The molecule has 5 nitrogen and oxygen atoms in total. The van der Waals surface area contributed by atoms with Gasteiger partial charge in [-0.05, 0) is 24.0 Å². The number of aliphatic carboxylic acids is 1. The summed E-state index contributed by atoms with van der Waals surface area (Å²) in [6.45, 7) is 2.43. The van der Waals surface area contributed by atoms with E-state index in [2.05, 4.69) is 17.4 Å². The van der Waals surface area contributed by atoms with E-state index in [-0.39, 0.29) is 18.1 Å². The summed E-state index contributed by atoms with van der Waals surface area (Å²) in [5, 5.41) is 12.2. The molecule has 3 atom stereocenters. The molecule has 1 aromatic carbocycles. The Hall–Kier alpha value is -1.43. The number of piperidine rings is 1. The van der Waals surface area contributed by atoms with Gasteiger partial charge in [0, 0.05) is 13.1 Å². The number of rotatable bonds is 4. The van der Waals surface area contributed by atoms with E-state index in [4.69, 9.17) is 14.6 Å². The Kier molecular flexibility index (Phi) is 4.53. The van der Waals surface area contributed by atoms with Gasteiger partial charge in [0.05, 0.1) is 25.2 Å². The molecule has 2 aliphatic heterocycles. The van der Waals surface area contributed by atoms with Crippen LogP contribution < -0.4 is 5.32 Å². The van der Waals surface area contributed by atoms with Crippen LogP contribution in [-0.4, -0.2) is 43.5 Å². The second-order valence-corrected chi connectivity index (χ2v) is 5.69. The van der Waals surface area contributed by atoms with Crippen molar-refractivity contribution in [3.63, 3.8) is 0 Å². The maximum Gasteiger partial charge on any atom is 0.307 e. The summed E-state index contributed by atoms with van der Waals surface area (Å²) in [5.41, 5.74) is 2.52. The van der Waals surface area contributed by atoms with Crippen LogP contribution in [-0.2, 0) is 20.7 Å². The SMILES string of the molecule is O=C(O)C1CNCC(OCC2OCCc3ccccc32)C1. The van der Waals surface area contributed by atoms with Gasteiger partial charge in [0.25, 0.3) is 0 Å². The molecule has 5 heteroatoms. The van der Waals surface area contributed by atoms with Crippen LogP contribution in [0, 0.1) is 5.92 Å². The summed E-state index contributed by atoms with van der Waals surface area (Å²) < 4.78 is 11.7. The lowest BCUT2D eigenvalue weighted by Gasteiger charge is -2.31. The molecule has 0 aliphatic carbocycles. The van der Waals surface area contributed by atoms with Gasteiger partial charge in [-0.2, -0.15) is 0 Å². The maximum absolute atomic E-state index is 11.0. The molecule has 114 valence electrons. The lowest BCUT2D eigenvalue weighted by atomic mass is 9.97. The summed E-state index contributed by atoms with van der Waals surface area (Å²) in [7, 11) is 0. The molecule has 3 rings (SSSR count). The molecule has 0 bridgehead atoms. The number of hydrogen-bond acceptors (Lipinski definition) is 4. The topological polar surface area (TPSA) is 67.8 Å². The standard InChI is InChI=1S/C16H21NO4/c18-16(19)12-7-13(9-17-8-12)21-10-15-14-4-2-1-3-11(14)5-6-20-15/h1-4,12-13,15,17H,5-10H2,(H,18,19). The fraction of sp³-hybridized carbons (Fsp3) is 0.562. The number of fused-ring (bicyclic) bond motifs is 1. The number of carboxylic acids is 1. The van der Waals surface area contributed by atoms with Crippen molar-refractivity contribution >= 4 is 5.97 Å². The minimum atomic E-state index is -0.755. The van der Waals surface area contributed by atoms with E-state index in [1.54, 1.807) is 0 Å². The van der Waals surface area contributed by atoms with Crippen LogP contribution in [0.1, 0.15) is 23.7 Å². The predicted octanol–water partition coefficient (Wildman–Crippen LogP) is 1.38. The molecule has 3 unspecified atom stereocenters. The van der Waals surface area contributed by atoms with Gasteiger partial charge < -0.3 is 19.9 Å². The molecule has 21 heavy (non-hydrogen) atoms. The van der Waals surface area contributed by atoms with Crippen molar-refractivity contribution < 1.29 is 19.4 Å². The van der Waals surface area contributed by atoms with Crippen LogP contribution in [0.4, 0.5) is 0 Å². The number of carbonyl (C=O) groups is 1. The monoisotopic (exact) mass is 291 g/mol. The second-order valence-electron chi connectivity index (χ2n) is 5.69. The molecule has 0 radical (unpaired) electrons. The van der Waals surface area contributed by atoms with Crippen LogP contribution in [0.5, 0.6) is 0 Å². The van der Waals surface area contributed by atoms with Gasteiger partial charge in [0.15, 0.2) is 0 Å². The molecule has 2 aliphatic rings. The molecule has 0 saturated carbocycles. The van der Waals surface area contributed by atoms with Crippen molar-refractivity contribution in [3.05, 3.63) is 35.4 Å². The highest BCUT2D eigenvalue weighted by Crippen LogP contribution is 2.28. The molecule has 0 aromatic heterocycles. The van der Waals surface area contributed by atoms with Crippen LogP contribution in [0.3, 0.4) is 0 Å². The highest BCUT2D eigenvalue weighted by molar-refractivity contribution is 5.70. The highest BCUT2D eigenvalue weighted by Gasteiger charge is 2.28. The van der Waals surface area contributed by atoms with Crippen LogP contribution >= 0.6 is 0 Å². The van der Waals surface area contributed by atoms with Crippen LogP contribution in [0.25, 0.3) is 0 Å². The zero-order chi connectivity index (χ0) is 14.7. The summed E-state index contributed by atoms with van der Waals surface area (Å²) in [4.78, 5) is 11.0. The Labute approximate surface area is 124 Å². The Morgan fingerprint density at radius 2 is 2.24 bits per heavy atom. The Morgan fingerprint density at radius 1 is 1.38 bits per heavy atom. The molecule has 0 amide bonds. The zero-order valence-electron chi connectivity index (χ0n) is 12.0. The summed E-state index contributed by atoms with van der Waals surface area (Å²) >= 11 is 0. The largest absolute Gasteiger partial charge is 0.481 e. The van der Waals surface area contributed by atoms with Crippen molar-refractivity contribution in [1.29, 1.82) is 0 Å². The fourth-order valence-electron chi connectivity index (χ4n) is 3.06. The fourth-order valence-corrected chi connectivity index (χ4v) is 3.06. The maximum atomic E-state index is 11.0. The van der Waals surface area contributed by atoms with Crippen molar-refractivity contribution in [2.24, 2.45) is 5.92 Å². The normalized spacial score (nSPS) is 28.9.